The summed E-state index contributed by atoms with van der Waals surface area (Å²) < 4.78 is 28.3. The number of benzene rings is 1. The summed E-state index contributed by atoms with van der Waals surface area (Å²) in [6.07, 6.45) is 0.565. The normalized spacial score (nSPS) is 19.8. The Morgan fingerprint density at radius 3 is 2.74 bits per heavy atom. The van der Waals surface area contributed by atoms with Gasteiger partial charge in [-0.25, -0.2) is 8.42 Å². The summed E-state index contributed by atoms with van der Waals surface area (Å²) in [4.78, 5) is 14.0. The van der Waals surface area contributed by atoms with Crippen LogP contribution in [0.1, 0.15) is 12.0 Å². The maximum atomic E-state index is 12.2. The van der Waals surface area contributed by atoms with Crippen LogP contribution in [-0.4, -0.2) is 57.5 Å². The van der Waals surface area contributed by atoms with E-state index in [0.717, 1.165) is 5.56 Å². The average molecular weight is 361 g/mol. The van der Waals surface area contributed by atoms with Crippen LogP contribution in [0.2, 0.25) is 5.02 Å². The van der Waals surface area contributed by atoms with Crippen molar-refractivity contribution in [3.8, 4) is 5.75 Å². The number of rotatable bonds is 5. The van der Waals surface area contributed by atoms with Crippen molar-refractivity contribution in [2.75, 3.05) is 37.5 Å². The lowest BCUT2D eigenvalue weighted by Crippen LogP contribution is -2.38. The number of amides is 1. The molecule has 1 fully saturated rings. The topological polar surface area (TPSA) is 75.7 Å². The Labute approximate surface area is 141 Å². The first-order valence-corrected chi connectivity index (χ1v) is 9.46. The molecule has 1 aromatic carbocycles. The molecule has 1 N–H and O–H groups in total. The smallest absolute Gasteiger partial charge is 0.238 e. The molecule has 0 spiro atoms. The van der Waals surface area contributed by atoms with Crippen LogP contribution in [0.15, 0.2) is 12.1 Å². The first kappa shape index (κ1) is 18.0. The number of sulfone groups is 1. The molecule has 6 nitrogen and oxygen atoms in total. The van der Waals surface area contributed by atoms with Gasteiger partial charge in [0, 0.05) is 17.1 Å². The summed E-state index contributed by atoms with van der Waals surface area (Å²) in [7, 11) is 0.301. The van der Waals surface area contributed by atoms with E-state index in [-0.39, 0.29) is 30.0 Å². The van der Waals surface area contributed by atoms with Gasteiger partial charge in [0.15, 0.2) is 9.84 Å². The second kappa shape index (κ2) is 7.07. The van der Waals surface area contributed by atoms with Crippen molar-refractivity contribution in [2.24, 2.45) is 0 Å². The van der Waals surface area contributed by atoms with Gasteiger partial charge in [-0.2, -0.15) is 0 Å². The molecule has 1 saturated heterocycles. The van der Waals surface area contributed by atoms with Crippen LogP contribution >= 0.6 is 11.6 Å². The molecule has 0 radical (unpaired) electrons. The summed E-state index contributed by atoms with van der Waals surface area (Å²) in [6.45, 7) is 1.96. The van der Waals surface area contributed by atoms with E-state index < -0.39 is 9.84 Å². The number of anilines is 1. The molecule has 1 aliphatic rings. The fourth-order valence-corrected chi connectivity index (χ4v) is 4.56. The number of carbonyl (C=O) groups excluding carboxylic acids is 1. The van der Waals surface area contributed by atoms with Crippen molar-refractivity contribution in [3.05, 3.63) is 22.7 Å². The van der Waals surface area contributed by atoms with E-state index in [4.69, 9.17) is 16.3 Å². The minimum absolute atomic E-state index is 0.111. The molecule has 1 aromatic rings. The van der Waals surface area contributed by atoms with Crippen molar-refractivity contribution in [3.63, 3.8) is 0 Å². The van der Waals surface area contributed by atoms with Gasteiger partial charge < -0.3 is 10.1 Å². The summed E-state index contributed by atoms with van der Waals surface area (Å²) >= 11 is 6.04. The minimum Gasteiger partial charge on any atom is -0.495 e. The van der Waals surface area contributed by atoms with E-state index in [1.165, 1.54) is 7.11 Å². The fraction of sp³-hybridized carbons (Fsp3) is 0.533. The molecule has 1 atom stereocenters. The number of nitrogens with one attached hydrogen (secondary N) is 1. The van der Waals surface area contributed by atoms with Crippen LogP contribution in [0.4, 0.5) is 5.69 Å². The molecule has 2 rings (SSSR count). The van der Waals surface area contributed by atoms with Gasteiger partial charge in [-0.1, -0.05) is 11.6 Å². The maximum absolute atomic E-state index is 12.2. The van der Waals surface area contributed by atoms with Crippen LogP contribution < -0.4 is 10.1 Å². The van der Waals surface area contributed by atoms with Gasteiger partial charge in [0.05, 0.1) is 30.8 Å². The Morgan fingerprint density at radius 1 is 1.48 bits per heavy atom. The number of methoxy groups -OCH3 is 1. The highest BCUT2D eigenvalue weighted by Crippen LogP contribution is 2.31. The third-order valence-electron chi connectivity index (χ3n) is 3.98. The molecule has 0 bridgehead atoms. The van der Waals surface area contributed by atoms with Gasteiger partial charge in [0.25, 0.3) is 0 Å². The van der Waals surface area contributed by atoms with Crippen LogP contribution in [0.5, 0.6) is 5.75 Å². The fourth-order valence-electron chi connectivity index (χ4n) is 2.60. The highest BCUT2D eigenvalue weighted by molar-refractivity contribution is 7.91. The average Bonchev–Trinajstić information content (AvgIpc) is 2.83. The monoisotopic (exact) mass is 360 g/mol. The Hall–Kier alpha value is -1.31. The van der Waals surface area contributed by atoms with Crippen LogP contribution in [0.25, 0.3) is 0 Å². The highest BCUT2D eigenvalue weighted by Gasteiger charge is 2.31. The number of aryl methyl sites for hydroxylation is 1. The molecular weight excluding hydrogens is 340 g/mol. The van der Waals surface area contributed by atoms with Crippen molar-refractivity contribution >= 4 is 33.0 Å². The SMILES string of the molecule is COc1cc(Cl)c(C)cc1NC(=O)CN(C)C1CCS(=O)(=O)C1. The second-order valence-electron chi connectivity index (χ2n) is 5.82. The lowest BCUT2D eigenvalue weighted by Gasteiger charge is -2.22. The molecule has 0 aliphatic carbocycles. The lowest BCUT2D eigenvalue weighted by atomic mass is 10.2. The Balaban J connectivity index is 2.01. The van der Waals surface area contributed by atoms with Gasteiger partial charge in [-0.05, 0) is 32.0 Å². The molecule has 23 heavy (non-hydrogen) atoms. The quantitative estimate of drug-likeness (QED) is 0.865. The number of hydrogen-bond donors (Lipinski definition) is 1. The number of hydrogen-bond acceptors (Lipinski definition) is 5. The minimum atomic E-state index is -2.96. The van der Waals surface area contributed by atoms with Crippen molar-refractivity contribution in [1.29, 1.82) is 0 Å². The number of nitrogens with zero attached hydrogens (tertiary/aromatic N) is 1. The largest absolute Gasteiger partial charge is 0.495 e. The molecular formula is C15H21ClN2O4S. The Kier molecular flexibility index (Phi) is 5.54. The van der Waals surface area contributed by atoms with Crippen LogP contribution in [-0.2, 0) is 14.6 Å². The standard InChI is InChI=1S/C15H21ClN2O4S/c1-10-6-13(14(22-3)7-12(10)16)17-15(19)8-18(2)11-4-5-23(20,21)9-11/h6-7,11H,4-5,8-9H2,1-3H3,(H,17,19). The summed E-state index contributed by atoms with van der Waals surface area (Å²) in [5.41, 5.74) is 1.38. The number of halogens is 1. The molecule has 0 aromatic heterocycles. The summed E-state index contributed by atoms with van der Waals surface area (Å²) in [5, 5.41) is 3.35. The summed E-state index contributed by atoms with van der Waals surface area (Å²) in [6, 6.07) is 3.29. The third-order valence-corrected chi connectivity index (χ3v) is 6.14. The zero-order chi connectivity index (χ0) is 17.2. The van der Waals surface area contributed by atoms with E-state index in [2.05, 4.69) is 5.32 Å². The first-order chi connectivity index (χ1) is 10.7. The number of likely N-dealkylation sites (N-methyl/N-ethyl adjacent to an activating group) is 1. The van der Waals surface area contributed by atoms with Crippen molar-refractivity contribution < 1.29 is 17.9 Å². The second-order valence-corrected chi connectivity index (χ2v) is 8.46. The van der Waals surface area contributed by atoms with Gasteiger partial charge in [-0.15, -0.1) is 0 Å². The summed E-state index contributed by atoms with van der Waals surface area (Å²) in [5.74, 6) is 0.561. The van der Waals surface area contributed by atoms with E-state index in [1.54, 1.807) is 24.1 Å². The first-order valence-electron chi connectivity index (χ1n) is 7.26. The predicted octanol–water partition coefficient (Wildman–Crippen LogP) is 1.71. The third kappa shape index (κ3) is 4.59. The molecule has 0 saturated carbocycles. The van der Waals surface area contributed by atoms with Gasteiger partial charge in [0.1, 0.15) is 5.75 Å². The zero-order valence-corrected chi connectivity index (χ0v) is 15.0. The van der Waals surface area contributed by atoms with E-state index >= 15 is 0 Å². The maximum Gasteiger partial charge on any atom is 0.238 e. The van der Waals surface area contributed by atoms with Crippen LogP contribution in [0.3, 0.4) is 0 Å². The van der Waals surface area contributed by atoms with E-state index in [9.17, 15) is 13.2 Å². The zero-order valence-electron chi connectivity index (χ0n) is 13.4. The molecule has 8 heteroatoms. The molecule has 1 unspecified atom stereocenters. The molecule has 1 heterocycles. The molecule has 1 amide bonds. The molecule has 1 aliphatic heterocycles. The van der Waals surface area contributed by atoms with E-state index in [0.29, 0.717) is 22.9 Å². The lowest BCUT2D eigenvalue weighted by molar-refractivity contribution is -0.117. The number of carbonyl (C=O) groups is 1. The van der Waals surface area contributed by atoms with Crippen LogP contribution in [0, 0.1) is 6.92 Å². The Bertz CT molecular complexity index is 706. The van der Waals surface area contributed by atoms with Crippen molar-refractivity contribution in [1.82, 2.24) is 4.90 Å². The van der Waals surface area contributed by atoms with Gasteiger partial charge in [-0.3, -0.25) is 9.69 Å². The van der Waals surface area contributed by atoms with Gasteiger partial charge >= 0.3 is 0 Å². The Morgan fingerprint density at radius 2 is 2.17 bits per heavy atom. The van der Waals surface area contributed by atoms with E-state index in [1.807, 2.05) is 6.92 Å². The highest BCUT2D eigenvalue weighted by atomic mass is 35.5. The molecule has 128 valence electrons. The van der Waals surface area contributed by atoms with Crippen molar-refractivity contribution in [2.45, 2.75) is 19.4 Å². The number of ether oxygens (including phenoxy) is 1. The van der Waals surface area contributed by atoms with Gasteiger partial charge in [0.2, 0.25) is 5.91 Å². The predicted molar refractivity (Wildman–Crippen MR) is 91.1 cm³/mol.